The van der Waals surface area contributed by atoms with E-state index in [2.05, 4.69) is 9.72 Å². The molecule has 0 unspecified atom stereocenters. The van der Waals surface area contributed by atoms with E-state index in [4.69, 9.17) is 0 Å². The van der Waals surface area contributed by atoms with Gasteiger partial charge in [-0.3, -0.25) is 4.79 Å². The number of halogens is 3. The predicted molar refractivity (Wildman–Crippen MR) is 58.3 cm³/mol. The van der Waals surface area contributed by atoms with Gasteiger partial charge in [0, 0.05) is 25.4 Å². The molecule has 0 amide bonds. The van der Waals surface area contributed by atoms with Crippen molar-refractivity contribution in [2.75, 3.05) is 13.2 Å². The summed E-state index contributed by atoms with van der Waals surface area (Å²) in [6.45, 7) is 1.03. The molecule has 0 atom stereocenters. The monoisotopic (exact) mass is 264 g/mol. The largest absolute Gasteiger partial charge is 0.411 e. The molecule has 0 aliphatic carbocycles. The fourth-order valence-corrected chi connectivity index (χ4v) is 1.45. The normalized spacial score (nSPS) is 11.8. The molecule has 0 saturated carbocycles. The summed E-state index contributed by atoms with van der Waals surface area (Å²) in [6.07, 6.45) is -0.436. The molecule has 1 rings (SSSR count). The first-order valence-corrected chi connectivity index (χ1v) is 5.63. The van der Waals surface area contributed by atoms with Gasteiger partial charge in [0.2, 0.25) is 5.78 Å². The molecule has 0 fully saturated rings. The Morgan fingerprint density at radius 1 is 1.50 bits per heavy atom. The van der Waals surface area contributed by atoms with Crippen molar-refractivity contribution in [3.05, 3.63) is 18.2 Å². The highest BCUT2D eigenvalue weighted by atomic mass is 19.4. The molecule has 1 aromatic heterocycles. The van der Waals surface area contributed by atoms with Crippen LogP contribution < -0.4 is 0 Å². The van der Waals surface area contributed by atoms with Crippen LogP contribution in [0.15, 0.2) is 12.4 Å². The molecular formula is C11H15F3N2O2. The maximum absolute atomic E-state index is 11.8. The lowest BCUT2D eigenvalue weighted by Gasteiger charge is -2.08. The van der Waals surface area contributed by atoms with Crippen LogP contribution in [0.2, 0.25) is 0 Å². The van der Waals surface area contributed by atoms with E-state index in [0.29, 0.717) is 6.54 Å². The van der Waals surface area contributed by atoms with Crippen LogP contribution in [0.1, 0.15) is 30.4 Å². The highest BCUT2D eigenvalue weighted by molar-refractivity contribution is 5.92. The number of carbonyl (C=O) groups is 1. The molecule has 0 aliphatic heterocycles. The second-order valence-corrected chi connectivity index (χ2v) is 3.79. The van der Waals surface area contributed by atoms with Crippen LogP contribution in [0.25, 0.3) is 0 Å². The SMILES string of the molecule is CCCn1ccnc1C(=O)CCOCC(F)(F)F. The summed E-state index contributed by atoms with van der Waals surface area (Å²) in [7, 11) is 0. The molecule has 7 heteroatoms. The number of hydrogen-bond acceptors (Lipinski definition) is 3. The first-order chi connectivity index (χ1) is 8.44. The maximum Gasteiger partial charge on any atom is 0.411 e. The number of rotatable bonds is 7. The smallest absolute Gasteiger partial charge is 0.372 e. The van der Waals surface area contributed by atoms with Crippen LogP contribution in [-0.4, -0.2) is 34.7 Å². The van der Waals surface area contributed by atoms with E-state index in [-0.39, 0.29) is 24.6 Å². The van der Waals surface area contributed by atoms with Gasteiger partial charge in [-0.05, 0) is 6.42 Å². The van der Waals surface area contributed by atoms with Gasteiger partial charge in [0.05, 0.1) is 6.61 Å². The number of ether oxygens (including phenoxy) is 1. The van der Waals surface area contributed by atoms with Crippen LogP contribution in [0.4, 0.5) is 13.2 Å². The summed E-state index contributed by atoms with van der Waals surface area (Å²) < 4.78 is 41.4. The summed E-state index contributed by atoms with van der Waals surface area (Å²) in [4.78, 5) is 15.6. The topological polar surface area (TPSA) is 44.1 Å². The van der Waals surface area contributed by atoms with Crippen LogP contribution in [-0.2, 0) is 11.3 Å². The average molecular weight is 264 g/mol. The quantitative estimate of drug-likeness (QED) is 0.561. The van der Waals surface area contributed by atoms with E-state index in [1.807, 2.05) is 6.92 Å². The molecule has 0 N–H and O–H groups in total. The number of imidazole rings is 1. The average Bonchev–Trinajstić information content (AvgIpc) is 2.71. The zero-order valence-corrected chi connectivity index (χ0v) is 10.0. The number of Topliss-reactive ketones (excluding diaryl/α,β-unsaturated/α-hetero) is 1. The maximum atomic E-state index is 11.8. The van der Waals surface area contributed by atoms with Gasteiger partial charge in [0.25, 0.3) is 0 Å². The third-order valence-corrected chi connectivity index (χ3v) is 2.17. The van der Waals surface area contributed by atoms with Gasteiger partial charge in [-0.2, -0.15) is 13.2 Å². The number of aromatic nitrogens is 2. The molecule has 0 saturated heterocycles. The van der Waals surface area contributed by atoms with Crippen molar-refractivity contribution in [3.8, 4) is 0 Å². The number of ketones is 1. The number of aryl methyl sites for hydroxylation is 1. The molecule has 18 heavy (non-hydrogen) atoms. The van der Waals surface area contributed by atoms with Gasteiger partial charge in [0.15, 0.2) is 5.82 Å². The Morgan fingerprint density at radius 2 is 2.22 bits per heavy atom. The van der Waals surface area contributed by atoms with Gasteiger partial charge in [-0.25, -0.2) is 4.98 Å². The van der Waals surface area contributed by atoms with Gasteiger partial charge in [-0.1, -0.05) is 6.92 Å². The van der Waals surface area contributed by atoms with E-state index in [0.717, 1.165) is 6.42 Å². The number of carbonyl (C=O) groups excluding carboxylic acids is 1. The lowest BCUT2D eigenvalue weighted by molar-refractivity contribution is -0.173. The van der Waals surface area contributed by atoms with Crippen LogP contribution >= 0.6 is 0 Å². The molecule has 0 spiro atoms. The molecule has 0 aliphatic rings. The Bertz CT molecular complexity index is 388. The first-order valence-electron chi connectivity index (χ1n) is 5.63. The summed E-state index contributed by atoms with van der Waals surface area (Å²) in [6, 6.07) is 0. The van der Waals surface area contributed by atoms with Gasteiger partial charge in [0.1, 0.15) is 6.61 Å². The third-order valence-electron chi connectivity index (χ3n) is 2.17. The predicted octanol–water partition coefficient (Wildman–Crippen LogP) is 2.44. The zero-order valence-electron chi connectivity index (χ0n) is 10.0. The number of hydrogen-bond donors (Lipinski definition) is 0. The summed E-state index contributed by atoms with van der Waals surface area (Å²) in [5.41, 5.74) is 0. The van der Waals surface area contributed by atoms with E-state index < -0.39 is 12.8 Å². The van der Waals surface area contributed by atoms with Gasteiger partial charge >= 0.3 is 6.18 Å². The first kappa shape index (κ1) is 14.7. The minimum absolute atomic E-state index is 0.100. The second kappa shape index (κ2) is 6.53. The van der Waals surface area contributed by atoms with E-state index in [1.54, 1.807) is 10.8 Å². The van der Waals surface area contributed by atoms with E-state index >= 15 is 0 Å². The standard InChI is InChI=1S/C11H15F3N2O2/c1-2-5-16-6-4-15-10(16)9(17)3-7-18-8-11(12,13)14/h4,6H,2-3,5,7-8H2,1H3. The highest BCUT2D eigenvalue weighted by Crippen LogP contribution is 2.14. The Balaban J connectivity index is 2.38. The van der Waals surface area contributed by atoms with Crippen molar-refractivity contribution in [1.82, 2.24) is 9.55 Å². The minimum atomic E-state index is -4.36. The van der Waals surface area contributed by atoms with Crippen molar-refractivity contribution < 1.29 is 22.7 Å². The molecular weight excluding hydrogens is 249 g/mol. The minimum Gasteiger partial charge on any atom is -0.372 e. The Kier molecular flexibility index (Phi) is 5.33. The molecule has 1 aromatic rings. The van der Waals surface area contributed by atoms with Crippen LogP contribution in [0.5, 0.6) is 0 Å². The molecule has 4 nitrogen and oxygen atoms in total. The zero-order chi connectivity index (χ0) is 13.6. The lowest BCUT2D eigenvalue weighted by atomic mass is 10.3. The lowest BCUT2D eigenvalue weighted by Crippen LogP contribution is -2.19. The van der Waals surface area contributed by atoms with Crippen molar-refractivity contribution in [2.24, 2.45) is 0 Å². The summed E-state index contributed by atoms with van der Waals surface area (Å²) >= 11 is 0. The van der Waals surface area contributed by atoms with Crippen molar-refractivity contribution in [1.29, 1.82) is 0 Å². The van der Waals surface area contributed by atoms with Crippen molar-refractivity contribution in [2.45, 2.75) is 32.5 Å². The molecule has 0 aromatic carbocycles. The summed E-state index contributed by atoms with van der Waals surface area (Å²) in [5.74, 6) is -0.0388. The Labute approximate surface area is 103 Å². The fourth-order valence-electron chi connectivity index (χ4n) is 1.45. The van der Waals surface area contributed by atoms with Crippen LogP contribution in [0, 0.1) is 0 Å². The molecule has 1 heterocycles. The van der Waals surface area contributed by atoms with Crippen LogP contribution in [0.3, 0.4) is 0 Å². The second-order valence-electron chi connectivity index (χ2n) is 3.79. The Hall–Kier alpha value is -1.37. The molecule has 0 bridgehead atoms. The number of alkyl halides is 3. The van der Waals surface area contributed by atoms with Crippen molar-refractivity contribution in [3.63, 3.8) is 0 Å². The Morgan fingerprint density at radius 3 is 2.83 bits per heavy atom. The number of nitrogens with zero attached hydrogens (tertiary/aromatic N) is 2. The van der Waals surface area contributed by atoms with Gasteiger partial charge < -0.3 is 9.30 Å². The van der Waals surface area contributed by atoms with Crippen molar-refractivity contribution >= 4 is 5.78 Å². The molecule has 102 valence electrons. The highest BCUT2D eigenvalue weighted by Gasteiger charge is 2.27. The fraction of sp³-hybridized carbons (Fsp3) is 0.636. The van der Waals surface area contributed by atoms with E-state index in [1.165, 1.54) is 6.20 Å². The third kappa shape index (κ3) is 4.87. The van der Waals surface area contributed by atoms with E-state index in [9.17, 15) is 18.0 Å². The summed E-state index contributed by atoms with van der Waals surface area (Å²) in [5, 5.41) is 0. The molecule has 0 radical (unpaired) electrons. The van der Waals surface area contributed by atoms with Gasteiger partial charge in [-0.15, -0.1) is 0 Å².